The summed E-state index contributed by atoms with van der Waals surface area (Å²) in [5, 5.41) is 24.3. The van der Waals surface area contributed by atoms with Gasteiger partial charge in [-0.15, -0.1) is 0 Å². The molecule has 2 aromatic rings. The van der Waals surface area contributed by atoms with Crippen LogP contribution in [0.1, 0.15) is 36.7 Å². The van der Waals surface area contributed by atoms with Gasteiger partial charge >= 0.3 is 5.97 Å². The zero-order valence-electron chi connectivity index (χ0n) is 16.6. The van der Waals surface area contributed by atoms with E-state index in [1.54, 1.807) is 13.0 Å². The van der Waals surface area contributed by atoms with Crippen LogP contribution in [0.4, 0.5) is 11.4 Å². The fraction of sp³-hybridized carbons (Fsp3) is 0.227. The first-order valence-electron chi connectivity index (χ1n) is 9.38. The number of nitrogens with zero attached hydrogens (tertiary/aromatic N) is 3. The van der Waals surface area contributed by atoms with Crippen molar-refractivity contribution in [2.75, 3.05) is 23.0 Å². The zero-order valence-corrected chi connectivity index (χ0v) is 16.6. The van der Waals surface area contributed by atoms with Crippen LogP contribution in [0, 0.1) is 0 Å². The van der Waals surface area contributed by atoms with Crippen molar-refractivity contribution in [2.45, 2.75) is 20.8 Å². The molecule has 0 unspecified atom stereocenters. The summed E-state index contributed by atoms with van der Waals surface area (Å²) in [6.45, 7) is 7.77. The highest BCUT2D eigenvalue weighted by Gasteiger charge is 2.29. The lowest BCUT2D eigenvalue weighted by atomic mass is 10.1. The van der Waals surface area contributed by atoms with Crippen molar-refractivity contribution in [3.8, 4) is 5.75 Å². The summed E-state index contributed by atoms with van der Waals surface area (Å²) in [5.41, 5.74) is 2.96. The number of carbonyl (C=O) groups is 2. The van der Waals surface area contributed by atoms with Crippen LogP contribution >= 0.6 is 0 Å². The number of amides is 1. The summed E-state index contributed by atoms with van der Waals surface area (Å²) in [4.78, 5) is 26.4. The minimum absolute atomic E-state index is 0.282. The number of carboxylic acid groups (broad SMARTS) is 1. The van der Waals surface area contributed by atoms with E-state index in [0.29, 0.717) is 11.3 Å². The van der Waals surface area contributed by atoms with E-state index >= 15 is 0 Å². The summed E-state index contributed by atoms with van der Waals surface area (Å²) >= 11 is 0. The monoisotopic (exact) mass is 393 g/mol. The van der Waals surface area contributed by atoms with E-state index in [-0.39, 0.29) is 22.9 Å². The summed E-state index contributed by atoms with van der Waals surface area (Å²) in [6.07, 6.45) is 1.77. The third-order valence-corrected chi connectivity index (χ3v) is 4.85. The van der Waals surface area contributed by atoms with E-state index in [9.17, 15) is 19.8 Å². The lowest BCUT2D eigenvalue weighted by Crippen LogP contribution is -2.22. The molecule has 0 aromatic heterocycles. The topological polar surface area (TPSA) is 93.4 Å². The van der Waals surface area contributed by atoms with Crippen LogP contribution in [0.15, 0.2) is 53.1 Å². The van der Waals surface area contributed by atoms with Crippen LogP contribution in [0.3, 0.4) is 0 Å². The van der Waals surface area contributed by atoms with Crippen molar-refractivity contribution in [1.82, 2.24) is 0 Å². The van der Waals surface area contributed by atoms with Crippen molar-refractivity contribution in [3.63, 3.8) is 0 Å². The Morgan fingerprint density at radius 1 is 1.14 bits per heavy atom. The third-order valence-electron chi connectivity index (χ3n) is 4.85. The molecule has 0 aliphatic carbocycles. The minimum Gasteiger partial charge on any atom is -0.507 e. The summed E-state index contributed by atoms with van der Waals surface area (Å²) in [6, 6.07) is 11.9. The van der Waals surface area contributed by atoms with Gasteiger partial charge in [0.25, 0.3) is 5.91 Å². The molecule has 0 radical (unpaired) electrons. The normalized spacial score (nSPS) is 15.0. The van der Waals surface area contributed by atoms with Gasteiger partial charge in [-0.3, -0.25) is 4.79 Å². The van der Waals surface area contributed by atoms with Gasteiger partial charge in [-0.2, -0.15) is 10.1 Å². The second-order valence-electron chi connectivity index (χ2n) is 6.63. The summed E-state index contributed by atoms with van der Waals surface area (Å²) in [5.74, 6) is -1.99. The van der Waals surface area contributed by atoms with Crippen LogP contribution in [-0.2, 0) is 4.79 Å². The molecule has 3 rings (SSSR count). The van der Waals surface area contributed by atoms with E-state index < -0.39 is 5.97 Å². The number of carbonyl (C=O) groups excluding carboxylic acids is 1. The second-order valence-corrected chi connectivity index (χ2v) is 6.63. The van der Waals surface area contributed by atoms with Crippen LogP contribution in [-0.4, -0.2) is 40.9 Å². The summed E-state index contributed by atoms with van der Waals surface area (Å²) in [7, 11) is 0. The second kappa shape index (κ2) is 8.18. The van der Waals surface area contributed by atoms with Crippen molar-refractivity contribution in [3.05, 3.63) is 59.2 Å². The predicted octanol–water partition coefficient (Wildman–Crippen LogP) is 3.74. The average molecular weight is 393 g/mol. The van der Waals surface area contributed by atoms with Crippen LogP contribution in [0.5, 0.6) is 5.75 Å². The first kappa shape index (κ1) is 20.1. The van der Waals surface area contributed by atoms with Crippen molar-refractivity contribution >= 4 is 35.0 Å². The Bertz CT molecular complexity index is 1010. The van der Waals surface area contributed by atoms with E-state index in [4.69, 9.17) is 0 Å². The number of aromatic carboxylic acids is 1. The van der Waals surface area contributed by atoms with E-state index in [1.165, 1.54) is 18.2 Å². The van der Waals surface area contributed by atoms with Gasteiger partial charge in [0.2, 0.25) is 0 Å². The van der Waals surface area contributed by atoms with E-state index in [1.807, 2.05) is 24.3 Å². The quantitative estimate of drug-likeness (QED) is 0.729. The fourth-order valence-electron chi connectivity index (χ4n) is 3.22. The number of carboxylic acids is 1. The highest BCUT2D eigenvalue weighted by atomic mass is 16.4. The SMILES string of the molecule is CCN(CC)c1ccc(/C=C2\C(=O)N(c3ccc(O)c(C(=O)O)c3)N=C2C)cc1. The fourth-order valence-corrected chi connectivity index (χ4v) is 3.22. The molecule has 0 saturated carbocycles. The molecule has 0 saturated heterocycles. The van der Waals surface area contributed by atoms with Gasteiger partial charge in [-0.25, -0.2) is 4.79 Å². The molecule has 1 aliphatic heterocycles. The van der Waals surface area contributed by atoms with Gasteiger partial charge in [-0.1, -0.05) is 12.1 Å². The number of rotatable bonds is 6. The number of hydrogen-bond acceptors (Lipinski definition) is 5. The molecular weight excluding hydrogens is 370 g/mol. The largest absolute Gasteiger partial charge is 0.507 e. The molecule has 0 bridgehead atoms. The number of aromatic hydroxyl groups is 1. The zero-order chi connectivity index (χ0) is 21.1. The maximum Gasteiger partial charge on any atom is 0.339 e. The van der Waals surface area contributed by atoms with Gasteiger partial charge in [0.15, 0.2) is 0 Å². The van der Waals surface area contributed by atoms with Gasteiger partial charge in [0.1, 0.15) is 11.3 Å². The molecule has 150 valence electrons. The first-order valence-corrected chi connectivity index (χ1v) is 9.38. The molecule has 0 atom stereocenters. The first-order chi connectivity index (χ1) is 13.8. The molecule has 7 nitrogen and oxygen atoms in total. The molecule has 1 aliphatic rings. The molecule has 2 aromatic carbocycles. The molecule has 0 spiro atoms. The van der Waals surface area contributed by atoms with Crippen LogP contribution in [0.2, 0.25) is 0 Å². The maximum atomic E-state index is 12.9. The average Bonchev–Trinajstić information content (AvgIpc) is 2.98. The molecule has 2 N–H and O–H groups in total. The lowest BCUT2D eigenvalue weighted by molar-refractivity contribution is -0.114. The Labute approximate surface area is 169 Å². The number of hydrogen-bond donors (Lipinski definition) is 2. The summed E-state index contributed by atoms with van der Waals surface area (Å²) < 4.78 is 0. The van der Waals surface area contributed by atoms with E-state index in [0.717, 1.165) is 29.3 Å². The number of phenols is 1. The highest BCUT2D eigenvalue weighted by molar-refractivity contribution is 6.32. The van der Waals surface area contributed by atoms with Crippen LogP contribution < -0.4 is 9.91 Å². The van der Waals surface area contributed by atoms with Gasteiger partial charge in [0.05, 0.1) is 17.0 Å². The molecule has 0 fully saturated rings. The predicted molar refractivity (Wildman–Crippen MR) is 114 cm³/mol. The number of anilines is 2. The van der Waals surface area contributed by atoms with E-state index in [2.05, 4.69) is 23.8 Å². The van der Waals surface area contributed by atoms with Gasteiger partial charge < -0.3 is 15.1 Å². The molecule has 29 heavy (non-hydrogen) atoms. The van der Waals surface area contributed by atoms with Crippen molar-refractivity contribution < 1.29 is 19.8 Å². The number of hydrazone groups is 1. The van der Waals surface area contributed by atoms with Gasteiger partial charge in [-0.05, 0) is 62.7 Å². The lowest BCUT2D eigenvalue weighted by Gasteiger charge is -2.20. The Morgan fingerprint density at radius 2 is 1.79 bits per heavy atom. The Hall–Kier alpha value is -3.61. The standard InChI is InChI=1S/C22H23N3O4/c1-4-24(5-2)16-8-6-15(7-9-16)12-18-14(3)23-25(21(18)27)17-10-11-20(26)19(13-17)22(28)29/h6-13,26H,4-5H2,1-3H3,(H,28,29)/b18-12-. The third kappa shape index (κ3) is 3.99. The smallest absolute Gasteiger partial charge is 0.339 e. The number of benzene rings is 2. The minimum atomic E-state index is -1.28. The van der Waals surface area contributed by atoms with Gasteiger partial charge in [0, 0.05) is 18.8 Å². The Morgan fingerprint density at radius 3 is 2.38 bits per heavy atom. The van der Waals surface area contributed by atoms with Crippen molar-refractivity contribution in [2.24, 2.45) is 5.10 Å². The Kier molecular flexibility index (Phi) is 5.68. The molecule has 7 heteroatoms. The molecular formula is C22H23N3O4. The molecule has 1 heterocycles. The molecule has 1 amide bonds. The Balaban J connectivity index is 1.88. The van der Waals surface area contributed by atoms with Crippen molar-refractivity contribution in [1.29, 1.82) is 0 Å². The van der Waals surface area contributed by atoms with Crippen LogP contribution in [0.25, 0.3) is 6.08 Å². The maximum absolute atomic E-state index is 12.9. The highest BCUT2D eigenvalue weighted by Crippen LogP contribution is 2.29.